The van der Waals surface area contributed by atoms with Crippen molar-refractivity contribution in [1.82, 2.24) is 19.5 Å². The largest absolute Gasteiger partial charge is 0.456 e. The van der Waals surface area contributed by atoms with Gasteiger partial charge < -0.3 is 4.42 Å². The lowest BCUT2D eigenvalue weighted by atomic mass is 10.1. The molecule has 5 nitrogen and oxygen atoms in total. The number of para-hydroxylation sites is 3. The highest BCUT2D eigenvalue weighted by molar-refractivity contribution is 6.30. The van der Waals surface area contributed by atoms with Gasteiger partial charge >= 0.3 is 0 Å². The molecule has 0 aliphatic carbocycles. The average Bonchev–Trinajstić information content (AvgIpc) is 3.56. The minimum atomic E-state index is -0.175. The molecule has 0 aliphatic heterocycles. The average molecular weight is 526 g/mol. The zero-order valence-electron chi connectivity index (χ0n) is 23.3. The van der Waals surface area contributed by atoms with E-state index in [1.807, 2.05) is 83.4 Å². The number of rotatable bonds is 3. The molecule has 0 atom stereocenters. The molecule has 0 saturated heterocycles. The van der Waals surface area contributed by atoms with Gasteiger partial charge in [-0.05, 0) is 36.4 Å². The Kier molecular flexibility index (Phi) is 4.18. The van der Waals surface area contributed by atoms with Crippen LogP contribution in [0, 0.1) is 0 Å². The first-order valence-electron chi connectivity index (χ1n) is 13.9. The number of hydrogen-bond donors (Lipinski definition) is 0. The van der Waals surface area contributed by atoms with Crippen molar-refractivity contribution in [2.45, 2.75) is 0 Å². The van der Waals surface area contributed by atoms with E-state index in [1.165, 1.54) is 6.07 Å². The Bertz CT molecular complexity index is 2330. The molecule has 0 N–H and O–H groups in total. The molecule has 8 rings (SSSR count). The van der Waals surface area contributed by atoms with Crippen molar-refractivity contribution < 1.29 is 8.53 Å². The maximum Gasteiger partial charge on any atom is 0.238 e. The van der Waals surface area contributed by atoms with Crippen LogP contribution in [-0.4, -0.2) is 19.5 Å². The smallest absolute Gasteiger partial charge is 0.238 e. The summed E-state index contributed by atoms with van der Waals surface area (Å²) in [5.74, 6) is 0.819. The second kappa shape index (κ2) is 8.51. The molecule has 0 saturated carbocycles. The molecule has 5 aromatic carbocycles. The predicted molar refractivity (Wildman–Crippen MR) is 157 cm³/mol. The van der Waals surface area contributed by atoms with Crippen LogP contribution in [0.25, 0.3) is 72.5 Å². The molecule has 3 heterocycles. The van der Waals surface area contributed by atoms with E-state index >= 15 is 0 Å². The van der Waals surface area contributed by atoms with E-state index in [2.05, 4.69) is 12.1 Å². The molecule has 3 aromatic heterocycles. The highest BCUT2D eigenvalue weighted by atomic mass is 35.5. The van der Waals surface area contributed by atoms with Crippen molar-refractivity contribution >= 4 is 55.3 Å². The van der Waals surface area contributed by atoms with Crippen molar-refractivity contribution in [3.05, 3.63) is 120 Å². The fourth-order valence-electron chi connectivity index (χ4n) is 5.27. The van der Waals surface area contributed by atoms with Gasteiger partial charge in [0.25, 0.3) is 0 Å². The molecule has 8 aromatic rings. The van der Waals surface area contributed by atoms with Crippen molar-refractivity contribution in [1.29, 1.82) is 0 Å². The van der Waals surface area contributed by atoms with E-state index in [9.17, 15) is 0 Å². The summed E-state index contributed by atoms with van der Waals surface area (Å²) in [4.78, 5) is 14.7. The molecule has 184 valence electrons. The van der Waals surface area contributed by atoms with E-state index < -0.39 is 0 Å². The fourth-order valence-corrected chi connectivity index (χ4v) is 5.42. The molecular weight excluding hydrogens is 504 g/mol. The van der Waals surface area contributed by atoms with Crippen LogP contribution in [0.4, 0.5) is 0 Å². The van der Waals surface area contributed by atoms with Crippen molar-refractivity contribution in [3.8, 4) is 28.7 Å². The number of benzene rings is 5. The molecule has 6 heteroatoms. The van der Waals surface area contributed by atoms with Crippen LogP contribution >= 0.6 is 11.6 Å². The zero-order chi connectivity index (χ0) is 28.5. The zero-order valence-corrected chi connectivity index (χ0v) is 21.1. The quantitative estimate of drug-likeness (QED) is 0.231. The fraction of sp³-hybridized carbons (Fsp3) is 0. The van der Waals surface area contributed by atoms with Gasteiger partial charge in [0, 0.05) is 37.7 Å². The third-order valence-corrected chi connectivity index (χ3v) is 7.12. The van der Waals surface area contributed by atoms with Crippen LogP contribution in [0.2, 0.25) is 5.02 Å². The maximum atomic E-state index is 8.72. The van der Waals surface area contributed by atoms with E-state index in [-0.39, 0.29) is 34.5 Å². The summed E-state index contributed by atoms with van der Waals surface area (Å²) in [6.45, 7) is 0. The summed E-state index contributed by atoms with van der Waals surface area (Å²) in [7, 11) is 0. The number of aromatic nitrogens is 4. The molecule has 0 amide bonds. The summed E-state index contributed by atoms with van der Waals surface area (Å²) >= 11 is 6.34. The van der Waals surface area contributed by atoms with E-state index in [0.29, 0.717) is 17.4 Å². The number of hydrogen-bond acceptors (Lipinski definition) is 4. The number of halogens is 1. The molecule has 39 heavy (non-hydrogen) atoms. The van der Waals surface area contributed by atoms with Gasteiger partial charge in [-0.1, -0.05) is 90.4 Å². The van der Waals surface area contributed by atoms with Crippen molar-refractivity contribution in [3.63, 3.8) is 0 Å². The normalized spacial score (nSPS) is 12.8. The SMILES string of the molecule is [2H]c1cc([2H])c(-c2nc(-c3cccc4oc5ccccc5c34)nc(-n3c4ccccc4c4ccccc43)n2)c([2H])c1Cl. The molecule has 0 fully saturated rings. The molecule has 0 radical (unpaired) electrons. The number of fused-ring (bicyclic) bond motifs is 6. The standard InChI is InChI=1S/C33H19ClN4O/c34-21-10-7-9-20(19-21)31-35-32(25-14-8-18-29-30(25)24-13-3-6-17-28(24)39-29)37-33(36-31)38-26-15-4-1-11-22(26)23-12-2-5-16-27(23)38/h1-19H/i9D,10D,19D. The van der Waals surface area contributed by atoms with Crippen molar-refractivity contribution in [2.75, 3.05) is 0 Å². The molecule has 0 bridgehead atoms. The Balaban J connectivity index is 1.51. The van der Waals surface area contributed by atoms with Crippen LogP contribution in [0.3, 0.4) is 0 Å². The maximum absolute atomic E-state index is 8.72. The second-order valence-corrected chi connectivity index (χ2v) is 9.55. The Morgan fingerprint density at radius 3 is 2.10 bits per heavy atom. The highest BCUT2D eigenvalue weighted by Crippen LogP contribution is 2.37. The Hall–Kier alpha value is -5.00. The monoisotopic (exact) mass is 525 g/mol. The van der Waals surface area contributed by atoms with Gasteiger partial charge in [-0.15, -0.1) is 0 Å². The third-order valence-electron chi connectivity index (χ3n) is 6.92. The van der Waals surface area contributed by atoms with E-state index in [0.717, 1.165) is 43.7 Å². The van der Waals surface area contributed by atoms with Crippen molar-refractivity contribution in [2.24, 2.45) is 0 Å². The van der Waals surface area contributed by atoms with Crippen LogP contribution < -0.4 is 0 Å². The minimum absolute atomic E-state index is 0.0632. The van der Waals surface area contributed by atoms with Gasteiger partial charge in [0.1, 0.15) is 11.2 Å². The Morgan fingerprint density at radius 1 is 0.641 bits per heavy atom. The van der Waals surface area contributed by atoms with Gasteiger partial charge in [-0.25, -0.2) is 4.98 Å². The topological polar surface area (TPSA) is 56.7 Å². The first-order chi connectivity index (χ1) is 20.5. The van der Waals surface area contributed by atoms with E-state index in [4.69, 9.17) is 35.1 Å². The van der Waals surface area contributed by atoms with Gasteiger partial charge in [0.2, 0.25) is 5.95 Å². The molecule has 0 spiro atoms. The number of nitrogens with zero attached hydrogens (tertiary/aromatic N) is 4. The lowest BCUT2D eigenvalue weighted by molar-refractivity contribution is 0.669. The van der Waals surface area contributed by atoms with Gasteiger partial charge in [0.05, 0.1) is 15.1 Å². The predicted octanol–water partition coefficient (Wildman–Crippen LogP) is 8.86. The second-order valence-electron chi connectivity index (χ2n) is 9.18. The number of furan rings is 1. The molecular formula is C33H19ClN4O. The summed E-state index contributed by atoms with van der Waals surface area (Å²) in [5.41, 5.74) is 4.11. The summed E-state index contributed by atoms with van der Waals surface area (Å²) in [6.07, 6.45) is 0. The lowest BCUT2D eigenvalue weighted by Gasteiger charge is -2.11. The first kappa shape index (κ1) is 19.1. The Morgan fingerprint density at radius 2 is 1.31 bits per heavy atom. The summed E-state index contributed by atoms with van der Waals surface area (Å²) < 4.78 is 33.6. The summed E-state index contributed by atoms with van der Waals surface area (Å²) in [6, 6.07) is 30.6. The van der Waals surface area contributed by atoms with Crippen LogP contribution in [0.15, 0.2) is 120 Å². The highest BCUT2D eigenvalue weighted by Gasteiger charge is 2.20. The lowest BCUT2D eigenvalue weighted by Crippen LogP contribution is -2.06. The minimum Gasteiger partial charge on any atom is -0.456 e. The van der Waals surface area contributed by atoms with Crippen LogP contribution in [0.1, 0.15) is 4.11 Å². The van der Waals surface area contributed by atoms with Crippen LogP contribution in [-0.2, 0) is 0 Å². The van der Waals surface area contributed by atoms with Gasteiger partial charge in [-0.3, -0.25) is 4.57 Å². The first-order valence-corrected chi connectivity index (χ1v) is 12.8. The third kappa shape index (κ3) is 3.44. The van der Waals surface area contributed by atoms with Crippen LogP contribution in [0.5, 0.6) is 0 Å². The van der Waals surface area contributed by atoms with E-state index in [1.54, 1.807) is 0 Å². The molecule has 0 unspecified atom stereocenters. The summed E-state index contributed by atoms with van der Waals surface area (Å²) in [5, 5.41) is 3.80. The Labute approximate surface area is 232 Å². The molecule has 0 aliphatic rings. The van der Waals surface area contributed by atoms with Gasteiger partial charge in [0.15, 0.2) is 11.6 Å². The van der Waals surface area contributed by atoms with Gasteiger partial charge in [-0.2, -0.15) is 9.97 Å².